The quantitative estimate of drug-likeness (QED) is 0.473. The molecule has 0 aliphatic rings. The number of ether oxygens (including phenoxy) is 2. The first kappa shape index (κ1) is 18.3. The Balaban J connectivity index is 3.42. The highest BCUT2D eigenvalue weighted by atomic mass is 35.5. The van der Waals surface area contributed by atoms with Crippen molar-refractivity contribution in [2.45, 2.75) is 24.8 Å². The Morgan fingerprint density at radius 1 is 1.27 bits per heavy atom. The molecule has 0 atom stereocenters. The van der Waals surface area contributed by atoms with Crippen LogP contribution in [0.5, 0.6) is 5.75 Å². The van der Waals surface area contributed by atoms with E-state index < -0.39 is 53.5 Å². The smallest absolute Gasteiger partial charge is 0.469 e. The lowest BCUT2D eigenvalue weighted by Crippen LogP contribution is -2.21. The van der Waals surface area contributed by atoms with Crippen molar-refractivity contribution >= 4 is 17.6 Å². The topological polar surface area (TPSA) is 48.4 Å². The van der Waals surface area contributed by atoms with Gasteiger partial charge in [0.25, 0.3) is 0 Å². The Kier molecular flexibility index (Phi) is 5.49. The van der Waals surface area contributed by atoms with Crippen molar-refractivity contribution in [1.29, 1.82) is 0 Å². The van der Waals surface area contributed by atoms with Gasteiger partial charge in [-0.25, -0.2) is 4.98 Å². The maximum absolute atomic E-state index is 12.9. The average molecular weight is 352 g/mol. The third kappa shape index (κ3) is 4.93. The minimum atomic E-state index is -5.15. The lowest BCUT2D eigenvalue weighted by Gasteiger charge is -2.17. The third-order valence-corrected chi connectivity index (χ3v) is 2.58. The minimum Gasteiger partial charge on any atom is -0.469 e. The summed E-state index contributed by atoms with van der Waals surface area (Å²) in [6.45, 7) is 0. The maximum atomic E-state index is 12.9. The van der Waals surface area contributed by atoms with Crippen LogP contribution in [-0.2, 0) is 28.0 Å². The summed E-state index contributed by atoms with van der Waals surface area (Å²) in [5.74, 6) is -2.83. The van der Waals surface area contributed by atoms with Crippen molar-refractivity contribution in [3.05, 3.63) is 23.0 Å². The summed E-state index contributed by atoms with van der Waals surface area (Å²) in [4.78, 5) is 14.1. The van der Waals surface area contributed by atoms with Crippen LogP contribution in [-0.4, -0.2) is 24.4 Å². The van der Waals surface area contributed by atoms with Crippen LogP contribution in [0.1, 0.15) is 17.0 Å². The van der Waals surface area contributed by atoms with E-state index in [-0.39, 0.29) is 0 Å². The molecule has 0 spiro atoms. The molecular weight excluding hydrogens is 344 g/mol. The molecule has 1 rings (SSSR count). The number of carbonyl (C=O) groups is 1. The van der Waals surface area contributed by atoms with Gasteiger partial charge in [0.1, 0.15) is 5.69 Å². The van der Waals surface area contributed by atoms with Crippen molar-refractivity contribution in [3.8, 4) is 5.75 Å². The molecule has 0 radical (unpaired) electrons. The fraction of sp³-hybridized carbons (Fsp3) is 0.455. The predicted molar refractivity (Wildman–Crippen MR) is 61.2 cm³/mol. The molecule has 0 saturated carbocycles. The van der Waals surface area contributed by atoms with Gasteiger partial charge >= 0.3 is 18.5 Å². The maximum Gasteiger partial charge on any atom is 0.573 e. The van der Waals surface area contributed by atoms with Crippen LogP contribution in [0.2, 0.25) is 0 Å². The van der Waals surface area contributed by atoms with Gasteiger partial charge in [0.05, 0.1) is 25.1 Å². The van der Waals surface area contributed by atoms with Crippen LogP contribution in [0, 0.1) is 0 Å². The van der Waals surface area contributed by atoms with E-state index in [9.17, 15) is 31.1 Å². The van der Waals surface area contributed by atoms with Gasteiger partial charge in [-0.3, -0.25) is 4.79 Å². The van der Waals surface area contributed by atoms with Gasteiger partial charge in [0, 0.05) is 0 Å². The molecule has 0 aromatic carbocycles. The van der Waals surface area contributed by atoms with Gasteiger partial charge in [-0.05, 0) is 11.6 Å². The van der Waals surface area contributed by atoms with Gasteiger partial charge < -0.3 is 9.47 Å². The second-order valence-corrected chi connectivity index (χ2v) is 4.14. The molecule has 0 N–H and O–H groups in total. The van der Waals surface area contributed by atoms with Crippen LogP contribution in [0.3, 0.4) is 0 Å². The molecule has 1 aromatic rings. The number of halogens is 7. The molecule has 0 aliphatic carbocycles. The van der Waals surface area contributed by atoms with E-state index in [1.54, 1.807) is 0 Å². The Morgan fingerprint density at radius 2 is 1.86 bits per heavy atom. The number of carbonyl (C=O) groups excluding carboxylic acids is 1. The second kappa shape index (κ2) is 6.59. The molecule has 22 heavy (non-hydrogen) atoms. The SMILES string of the molecule is COC(=O)Cc1cc(OC(F)(F)F)c(CCl)nc1C(F)(F)F. The summed E-state index contributed by atoms with van der Waals surface area (Å²) in [6, 6.07) is 0.429. The van der Waals surface area contributed by atoms with Crippen LogP contribution in [0.15, 0.2) is 6.07 Å². The van der Waals surface area contributed by atoms with Crippen LogP contribution >= 0.6 is 11.6 Å². The summed E-state index contributed by atoms with van der Waals surface area (Å²) >= 11 is 5.30. The van der Waals surface area contributed by atoms with Crippen molar-refractivity contribution in [1.82, 2.24) is 4.98 Å². The van der Waals surface area contributed by atoms with Crippen molar-refractivity contribution < 1.29 is 40.6 Å². The highest BCUT2D eigenvalue weighted by Crippen LogP contribution is 2.36. The Bertz CT molecular complexity index is 558. The van der Waals surface area contributed by atoms with Crippen LogP contribution < -0.4 is 4.74 Å². The van der Waals surface area contributed by atoms with Gasteiger partial charge in [-0.2, -0.15) is 13.2 Å². The van der Waals surface area contributed by atoms with Crippen molar-refractivity contribution in [3.63, 3.8) is 0 Å². The zero-order chi connectivity index (χ0) is 17.1. The molecule has 0 unspecified atom stereocenters. The molecule has 0 amide bonds. The zero-order valence-electron chi connectivity index (χ0n) is 10.8. The predicted octanol–water partition coefficient (Wildman–Crippen LogP) is 3.45. The summed E-state index contributed by atoms with van der Waals surface area (Å²) in [5, 5.41) is 0. The highest BCUT2D eigenvalue weighted by molar-refractivity contribution is 6.17. The van der Waals surface area contributed by atoms with Gasteiger partial charge in [0.15, 0.2) is 5.75 Å². The van der Waals surface area contributed by atoms with Gasteiger partial charge in [0.2, 0.25) is 0 Å². The number of rotatable bonds is 4. The molecule has 0 aliphatic heterocycles. The Hall–Kier alpha value is -1.71. The van der Waals surface area contributed by atoms with Gasteiger partial charge in [-0.15, -0.1) is 24.8 Å². The molecule has 1 heterocycles. The minimum absolute atomic E-state index is 0.429. The number of pyridine rings is 1. The Labute approximate surface area is 125 Å². The van der Waals surface area contributed by atoms with Crippen LogP contribution in [0.25, 0.3) is 0 Å². The molecule has 0 saturated heterocycles. The number of hydrogen-bond donors (Lipinski definition) is 0. The molecule has 11 heteroatoms. The fourth-order valence-electron chi connectivity index (χ4n) is 1.49. The molecule has 0 fully saturated rings. The highest BCUT2D eigenvalue weighted by Gasteiger charge is 2.39. The van der Waals surface area contributed by atoms with E-state index in [1.165, 1.54) is 0 Å². The number of hydrogen-bond acceptors (Lipinski definition) is 4. The number of aromatic nitrogens is 1. The second-order valence-electron chi connectivity index (χ2n) is 3.87. The van der Waals surface area contributed by atoms with E-state index >= 15 is 0 Å². The first-order valence-electron chi connectivity index (χ1n) is 5.46. The zero-order valence-corrected chi connectivity index (χ0v) is 11.6. The molecule has 1 aromatic heterocycles. The number of methoxy groups -OCH3 is 1. The molecular formula is C11H8ClF6NO3. The lowest BCUT2D eigenvalue weighted by atomic mass is 10.1. The Morgan fingerprint density at radius 3 is 2.27 bits per heavy atom. The van der Waals surface area contributed by atoms with Crippen LogP contribution in [0.4, 0.5) is 26.3 Å². The van der Waals surface area contributed by atoms with Gasteiger partial charge in [-0.1, -0.05) is 0 Å². The van der Waals surface area contributed by atoms with E-state index in [2.05, 4.69) is 14.5 Å². The van der Waals surface area contributed by atoms with E-state index in [0.29, 0.717) is 6.07 Å². The summed E-state index contributed by atoms with van der Waals surface area (Å²) in [6.07, 6.45) is -11.1. The summed E-state index contributed by atoms with van der Waals surface area (Å²) < 4.78 is 83.1. The van der Waals surface area contributed by atoms with Crippen molar-refractivity contribution in [2.75, 3.05) is 7.11 Å². The average Bonchev–Trinajstić information content (AvgIpc) is 2.35. The first-order chi connectivity index (χ1) is 9.97. The van der Waals surface area contributed by atoms with E-state index in [0.717, 1.165) is 7.11 Å². The first-order valence-corrected chi connectivity index (χ1v) is 6.00. The summed E-state index contributed by atoms with van der Waals surface area (Å²) in [7, 11) is 0.920. The van der Waals surface area contributed by atoms with E-state index in [1.807, 2.05) is 0 Å². The molecule has 0 bridgehead atoms. The lowest BCUT2D eigenvalue weighted by molar-refractivity contribution is -0.275. The third-order valence-electron chi connectivity index (χ3n) is 2.32. The van der Waals surface area contributed by atoms with Crippen molar-refractivity contribution in [2.24, 2.45) is 0 Å². The molecule has 4 nitrogen and oxygen atoms in total. The van der Waals surface area contributed by atoms with E-state index in [4.69, 9.17) is 11.6 Å². The number of esters is 1. The number of nitrogens with zero attached hydrogens (tertiary/aromatic N) is 1. The molecule has 124 valence electrons. The monoisotopic (exact) mass is 351 g/mol. The largest absolute Gasteiger partial charge is 0.573 e. The standard InChI is InChI=1S/C11H8ClF6NO3/c1-21-8(20)3-5-2-7(22-11(16,17)18)6(4-12)19-9(5)10(13,14)15/h2H,3-4H2,1H3. The summed E-state index contributed by atoms with van der Waals surface area (Å²) in [5.41, 5.74) is -3.09. The fourth-order valence-corrected chi connectivity index (χ4v) is 1.68. The number of alkyl halides is 7. The normalized spacial score (nSPS) is 12.2.